The molecule has 0 unspecified atom stereocenters. The van der Waals surface area contributed by atoms with E-state index in [-0.39, 0.29) is 23.8 Å². The lowest BCUT2D eigenvalue weighted by Gasteiger charge is -2.09. The summed E-state index contributed by atoms with van der Waals surface area (Å²) in [5.74, 6) is -0.315. The molecule has 0 saturated carbocycles. The summed E-state index contributed by atoms with van der Waals surface area (Å²) >= 11 is 0. The van der Waals surface area contributed by atoms with Crippen molar-refractivity contribution in [2.45, 2.75) is 33.9 Å². The number of carbonyl (C=O) groups is 1. The minimum atomic E-state index is -0.485. The van der Waals surface area contributed by atoms with Gasteiger partial charge in [-0.25, -0.2) is 0 Å². The van der Waals surface area contributed by atoms with E-state index in [0.717, 1.165) is 5.56 Å². The van der Waals surface area contributed by atoms with Gasteiger partial charge in [0.05, 0.1) is 24.7 Å². The number of hydrogen-bond acceptors (Lipinski definition) is 6. The normalized spacial score (nSPS) is 10.8. The Labute approximate surface area is 157 Å². The molecule has 9 heteroatoms. The molecule has 0 radical (unpaired) electrons. The Balaban J connectivity index is 1.93. The number of nitro groups is 1. The molecule has 2 aromatic rings. The fraction of sp³-hybridized carbons (Fsp3) is 0.444. The van der Waals surface area contributed by atoms with Crippen molar-refractivity contribution >= 4 is 17.3 Å². The molecule has 0 aliphatic heterocycles. The first kappa shape index (κ1) is 20.5. The lowest BCUT2D eigenvalue weighted by Crippen LogP contribution is -2.20. The summed E-state index contributed by atoms with van der Waals surface area (Å²) in [6, 6.07) is 7.32. The van der Waals surface area contributed by atoms with Gasteiger partial charge in [0.15, 0.2) is 0 Å². The SMILES string of the molecule is CCOCCOCc1cccc(NC(=O)Cn2nc(C)c([N+](=O)[O-])c2C)c1. The van der Waals surface area contributed by atoms with Crippen LogP contribution in [0.2, 0.25) is 0 Å². The zero-order valence-electron chi connectivity index (χ0n) is 15.7. The van der Waals surface area contributed by atoms with E-state index in [4.69, 9.17) is 9.47 Å². The predicted molar refractivity (Wildman–Crippen MR) is 99.6 cm³/mol. The van der Waals surface area contributed by atoms with Crippen LogP contribution in [-0.2, 0) is 27.4 Å². The van der Waals surface area contributed by atoms with Crippen LogP contribution in [0.3, 0.4) is 0 Å². The summed E-state index contributed by atoms with van der Waals surface area (Å²) in [7, 11) is 0. The summed E-state index contributed by atoms with van der Waals surface area (Å²) in [5, 5.41) is 17.9. The van der Waals surface area contributed by atoms with Gasteiger partial charge in [-0.1, -0.05) is 12.1 Å². The molecule has 0 aliphatic rings. The number of amides is 1. The average Bonchev–Trinajstić information content (AvgIpc) is 2.88. The fourth-order valence-electron chi connectivity index (χ4n) is 2.63. The number of nitrogens with one attached hydrogen (secondary N) is 1. The zero-order valence-corrected chi connectivity index (χ0v) is 15.7. The number of anilines is 1. The number of hydrogen-bond donors (Lipinski definition) is 1. The fourth-order valence-corrected chi connectivity index (χ4v) is 2.63. The van der Waals surface area contributed by atoms with Gasteiger partial charge in [-0.15, -0.1) is 0 Å². The number of carbonyl (C=O) groups excluding carboxylic acids is 1. The van der Waals surface area contributed by atoms with Gasteiger partial charge in [0.2, 0.25) is 5.91 Å². The molecular weight excluding hydrogens is 352 g/mol. The number of nitrogens with zero attached hydrogens (tertiary/aromatic N) is 3. The molecule has 1 amide bonds. The molecule has 1 heterocycles. The number of rotatable bonds is 10. The second-order valence-electron chi connectivity index (χ2n) is 5.93. The van der Waals surface area contributed by atoms with Gasteiger partial charge in [0.25, 0.3) is 0 Å². The van der Waals surface area contributed by atoms with Crippen LogP contribution in [0.15, 0.2) is 24.3 Å². The van der Waals surface area contributed by atoms with Crippen molar-refractivity contribution in [2.24, 2.45) is 0 Å². The second kappa shape index (κ2) is 9.79. The van der Waals surface area contributed by atoms with Gasteiger partial charge in [-0.3, -0.25) is 19.6 Å². The van der Waals surface area contributed by atoms with Gasteiger partial charge in [-0.2, -0.15) is 5.10 Å². The highest BCUT2D eigenvalue weighted by Gasteiger charge is 2.22. The third-order valence-corrected chi connectivity index (χ3v) is 3.87. The minimum absolute atomic E-state index is 0.0611. The van der Waals surface area contributed by atoms with Gasteiger partial charge in [0.1, 0.15) is 17.9 Å². The summed E-state index contributed by atoms with van der Waals surface area (Å²) in [6.07, 6.45) is 0. The number of aromatic nitrogens is 2. The monoisotopic (exact) mass is 376 g/mol. The van der Waals surface area contributed by atoms with Crippen LogP contribution < -0.4 is 5.32 Å². The summed E-state index contributed by atoms with van der Waals surface area (Å²) < 4.78 is 12.1. The van der Waals surface area contributed by atoms with Gasteiger partial charge >= 0.3 is 5.69 Å². The highest BCUT2D eigenvalue weighted by Crippen LogP contribution is 2.21. The van der Waals surface area contributed by atoms with E-state index in [1.54, 1.807) is 19.9 Å². The van der Waals surface area contributed by atoms with Crippen LogP contribution in [0.1, 0.15) is 23.9 Å². The van der Waals surface area contributed by atoms with Crippen molar-refractivity contribution in [1.29, 1.82) is 0 Å². The Kier molecular flexibility index (Phi) is 7.44. The van der Waals surface area contributed by atoms with Crippen LogP contribution in [0, 0.1) is 24.0 Å². The molecule has 1 N–H and O–H groups in total. The molecule has 0 saturated heterocycles. The molecule has 0 atom stereocenters. The smallest absolute Gasteiger partial charge is 0.312 e. The minimum Gasteiger partial charge on any atom is -0.379 e. The van der Waals surface area contributed by atoms with E-state index in [2.05, 4.69) is 10.4 Å². The van der Waals surface area contributed by atoms with Crippen molar-refractivity contribution < 1.29 is 19.2 Å². The molecule has 2 rings (SSSR count). The summed E-state index contributed by atoms with van der Waals surface area (Å²) in [5.41, 5.74) is 2.13. The van der Waals surface area contributed by atoms with Crippen LogP contribution in [0.5, 0.6) is 0 Å². The molecule has 0 fully saturated rings. The van der Waals surface area contributed by atoms with E-state index in [9.17, 15) is 14.9 Å². The van der Waals surface area contributed by atoms with Gasteiger partial charge in [-0.05, 0) is 38.5 Å². The van der Waals surface area contributed by atoms with Crippen LogP contribution in [-0.4, -0.2) is 40.4 Å². The maximum Gasteiger partial charge on any atom is 0.312 e. The molecule has 9 nitrogen and oxygen atoms in total. The highest BCUT2D eigenvalue weighted by molar-refractivity contribution is 5.90. The second-order valence-corrected chi connectivity index (χ2v) is 5.93. The molecule has 27 heavy (non-hydrogen) atoms. The molecule has 0 aliphatic carbocycles. The Morgan fingerprint density at radius 2 is 2.04 bits per heavy atom. The maximum atomic E-state index is 12.3. The standard InChI is InChI=1S/C18H24N4O5/c1-4-26-8-9-27-12-15-6-5-7-16(10-15)19-17(23)11-21-14(3)18(22(24)25)13(2)20-21/h5-7,10H,4,8-9,11-12H2,1-3H3,(H,19,23). The first-order valence-electron chi connectivity index (χ1n) is 8.65. The van der Waals surface area contributed by atoms with E-state index in [0.29, 0.717) is 37.8 Å². The van der Waals surface area contributed by atoms with Crippen molar-refractivity contribution in [3.63, 3.8) is 0 Å². The Morgan fingerprint density at radius 3 is 2.70 bits per heavy atom. The molecule has 146 valence electrons. The third kappa shape index (κ3) is 5.87. The summed E-state index contributed by atoms with van der Waals surface area (Å²) in [6.45, 7) is 7.07. The lowest BCUT2D eigenvalue weighted by molar-refractivity contribution is -0.386. The third-order valence-electron chi connectivity index (χ3n) is 3.87. The van der Waals surface area contributed by atoms with E-state index in [1.165, 1.54) is 4.68 Å². The predicted octanol–water partition coefficient (Wildman–Crippen LogP) is 2.60. The zero-order chi connectivity index (χ0) is 19.8. The van der Waals surface area contributed by atoms with Crippen molar-refractivity contribution in [3.8, 4) is 0 Å². The van der Waals surface area contributed by atoms with Crippen LogP contribution in [0.4, 0.5) is 11.4 Å². The topological polar surface area (TPSA) is 109 Å². The van der Waals surface area contributed by atoms with Crippen LogP contribution in [0.25, 0.3) is 0 Å². The Bertz CT molecular complexity index is 803. The molecular formula is C18H24N4O5. The molecule has 1 aromatic heterocycles. The highest BCUT2D eigenvalue weighted by atomic mass is 16.6. The first-order valence-corrected chi connectivity index (χ1v) is 8.65. The number of aryl methyl sites for hydroxylation is 1. The molecule has 0 spiro atoms. The average molecular weight is 376 g/mol. The molecule has 0 bridgehead atoms. The van der Waals surface area contributed by atoms with Crippen molar-refractivity contribution in [3.05, 3.63) is 51.3 Å². The summed E-state index contributed by atoms with van der Waals surface area (Å²) in [4.78, 5) is 22.8. The van der Waals surface area contributed by atoms with Gasteiger partial charge < -0.3 is 14.8 Å². The Hall–Kier alpha value is -2.78. The Morgan fingerprint density at radius 1 is 1.30 bits per heavy atom. The van der Waals surface area contributed by atoms with Crippen LogP contribution >= 0.6 is 0 Å². The quantitative estimate of drug-likeness (QED) is 0.388. The van der Waals surface area contributed by atoms with E-state index < -0.39 is 4.92 Å². The number of ether oxygens (including phenoxy) is 2. The van der Waals surface area contributed by atoms with Gasteiger partial charge in [0, 0.05) is 12.3 Å². The van der Waals surface area contributed by atoms with Crippen molar-refractivity contribution in [2.75, 3.05) is 25.1 Å². The lowest BCUT2D eigenvalue weighted by atomic mass is 10.2. The first-order chi connectivity index (χ1) is 12.9. The van der Waals surface area contributed by atoms with E-state index in [1.807, 2.05) is 25.1 Å². The molecule has 1 aromatic carbocycles. The number of benzene rings is 1. The maximum absolute atomic E-state index is 12.3. The van der Waals surface area contributed by atoms with E-state index >= 15 is 0 Å². The largest absolute Gasteiger partial charge is 0.379 e. The van der Waals surface area contributed by atoms with Crippen molar-refractivity contribution in [1.82, 2.24) is 9.78 Å².